The normalized spacial score (nSPS) is 14.3. The van der Waals surface area contributed by atoms with Gasteiger partial charge in [0.15, 0.2) is 0 Å². The van der Waals surface area contributed by atoms with E-state index in [1.54, 1.807) is 38.4 Å². The second-order valence-corrected chi connectivity index (χ2v) is 11.4. The lowest BCUT2D eigenvalue weighted by atomic mass is 10.0. The zero-order valence-corrected chi connectivity index (χ0v) is 23.9. The molecule has 1 N–H and O–H groups in total. The minimum absolute atomic E-state index is 0.137. The van der Waals surface area contributed by atoms with Crippen LogP contribution in [0.1, 0.15) is 45.3 Å². The predicted octanol–water partition coefficient (Wildman–Crippen LogP) is 3.78. The molecule has 4 heterocycles. The van der Waals surface area contributed by atoms with Crippen molar-refractivity contribution in [3.05, 3.63) is 83.5 Å². The molecule has 0 spiro atoms. The van der Waals surface area contributed by atoms with E-state index in [0.717, 1.165) is 4.68 Å². The van der Waals surface area contributed by atoms with Gasteiger partial charge in [-0.2, -0.15) is 9.94 Å². The summed E-state index contributed by atoms with van der Waals surface area (Å²) in [5.41, 5.74) is -1.14. The number of ether oxygens (including phenoxy) is 1. The zero-order chi connectivity index (χ0) is 29.6. The molecule has 1 amide bonds. The summed E-state index contributed by atoms with van der Waals surface area (Å²) in [5, 5.41) is 13.2. The van der Waals surface area contributed by atoms with Crippen molar-refractivity contribution in [3.63, 3.8) is 0 Å². The molecule has 4 aromatic rings. The maximum atomic E-state index is 13.0. The summed E-state index contributed by atoms with van der Waals surface area (Å²) in [6.07, 6.45) is 2.52. The smallest absolute Gasteiger partial charge is 0.410 e. The third-order valence-corrected chi connectivity index (χ3v) is 7.26. The maximum Gasteiger partial charge on any atom is 0.410 e. The lowest BCUT2D eigenvalue weighted by molar-refractivity contribution is 0.0189. The predicted molar refractivity (Wildman–Crippen MR) is 152 cm³/mol. The first-order chi connectivity index (χ1) is 19.4. The number of carbonyl (C=O) groups is 1. The number of hydrogen-bond acceptors (Lipinski definition) is 7. The number of carbonyl (C=O) groups excluding carboxylic acids is 1. The molecule has 212 valence electrons. The monoisotopic (exact) mass is 597 g/mol. The average molecular weight is 598 g/mol. The molecule has 1 aliphatic heterocycles. The molecule has 1 fully saturated rings. The number of nitrogens with one attached hydrogen (secondary N) is 1. The van der Waals surface area contributed by atoms with Crippen molar-refractivity contribution in [2.24, 2.45) is 0 Å². The zero-order valence-electron chi connectivity index (χ0n) is 22.4. The van der Waals surface area contributed by atoms with Crippen LogP contribution in [0.25, 0.3) is 22.4 Å². The van der Waals surface area contributed by atoms with Gasteiger partial charge >= 0.3 is 11.8 Å². The number of aromatic amines is 1. The second kappa shape index (κ2) is 10.6. The fraction of sp³-hybridized carbons (Fsp3) is 0.333. The van der Waals surface area contributed by atoms with E-state index in [2.05, 4.69) is 5.10 Å². The number of pyridine rings is 1. The van der Waals surface area contributed by atoms with Gasteiger partial charge in [0, 0.05) is 31.4 Å². The van der Waals surface area contributed by atoms with Crippen LogP contribution in [-0.2, 0) is 4.74 Å². The lowest BCUT2D eigenvalue weighted by Gasteiger charge is -2.34. The largest absolute Gasteiger partial charge is 0.444 e. The summed E-state index contributed by atoms with van der Waals surface area (Å²) in [7, 11) is 0. The van der Waals surface area contributed by atoms with Crippen LogP contribution in [0.4, 0.5) is 4.79 Å². The number of hydrogen-bond donors (Lipinski definition) is 1. The van der Waals surface area contributed by atoms with E-state index in [0.29, 0.717) is 42.7 Å². The number of nitriles is 1. The van der Waals surface area contributed by atoms with E-state index in [9.17, 15) is 19.2 Å². The van der Waals surface area contributed by atoms with Crippen molar-refractivity contribution in [2.45, 2.75) is 45.3 Å². The number of H-pyrrole nitrogens is 1. The molecule has 1 aromatic carbocycles. The molecule has 12 nitrogen and oxygen atoms in total. The van der Waals surface area contributed by atoms with Crippen molar-refractivity contribution < 1.29 is 9.53 Å². The number of nitrogens with zero attached hydrogens (tertiary/aromatic N) is 6. The van der Waals surface area contributed by atoms with E-state index in [1.807, 2.05) is 25.8 Å². The van der Waals surface area contributed by atoms with Crippen molar-refractivity contribution in [3.8, 4) is 17.4 Å². The summed E-state index contributed by atoms with van der Waals surface area (Å²) in [5.74, 6) is 0. The minimum atomic E-state index is -0.900. The van der Waals surface area contributed by atoms with Crippen LogP contribution < -0.4 is 16.8 Å². The third-order valence-electron chi connectivity index (χ3n) is 6.69. The van der Waals surface area contributed by atoms with Crippen LogP contribution >= 0.6 is 23.2 Å². The third kappa shape index (κ3) is 5.38. The Hall–Kier alpha value is -4.34. The van der Waals surface area contributed by atoms with E-state index in [1.165, 1.54) is 18.2 Å². The van der Waals surface area contributed by atoms with Gasteiger partial charge in [-0.1, -0.05) is 23.2 Å². The highest BCUT2D eigenvalue weighted by molar-refractivity contribution is 6.38. The van der Waals surface area contributed by atoms with Crippen molar-refractivity contribution in [2.75, 3.05) is 13.1 Å². The topological polar surface area (TPSA) is 148 Å². The maximum absolute atomic E-state index is 13.0. The molecule has 0 atom stereocenters. The Kier molecular flexibility index (Phi) is 7.27. The first-order valence-corrected chi connectivity index (χ1v) is 13.5. The Morgan fingerprint density at radius 1 is 1.07 bits per heavy atom. The summed E-state index contributed by atoms with van der Waals surface area (Å²) in [4.78, 5) is 53.3. The number of likely N-dealkylation sites (tertiary alicyclic amines) is 1. The van der Waals surface area contributed by atoms with E-state index in [4.69, 9.17) is 33.2 Å². The SMILES string of the molecule is CC(C)(C)OC(=O)N1CCC(n2c(=O)ccc3c2ccn3-c2c(Cl)cc(-n3nc(C#N)c(=O)[nH]c3=O)cc2Cl)CC1. The fourth-order valence-electron chi connectivity index (χ4n) is 4.91. The molecule has 0 unspecified atom stereocenters. The van der Waals surface area contributed by atoms with Crippen molar-refractivity contribution in [1.29, 1.82) is 5.26 Å². The van der Waals surface area contributed by atoms with Crippen LogP contribution in [-0.4, -0.2) is 53.6 Å². The Labute approximate surface area is 242 Å². The van der Waals surface area contributed by atoms with Crippen LogP contribution in [0, 0.1) is 11.3 Å². The molecule has 0 saturated carbocycles. The molecule has 14 heteroatoms. The Bertz CT molecular complexity index is 1880. The van der Waals surface area contributed by atoms with Crippen molar-refractivity contribution in [1.82, 2.24) is 28.8 Å². The Morgan fingerprint density at radius 2 is 1.73 bits per heavy atom. The van der Waals surface area contributed by atoms with Crippen LogP contribution in [0.3, 0.4) is 0 Å². The number of aromatic nitrogens is 5. The Balaban J connectivity index is 1.49. The highest BCUT2D eigenvalue weighted by atomic mass is 35.5. The van der Waals surface area contributed by atoms with E-state index < -0.39 is 22.5 Å². The molecular formula is C27H25Cl2N7O5. The molecule has 3 aromatic heterocycles. The fourth-order valence-corrected chi connectivity index (χ4v) is 5.57. The van der Waals surface area contributed by atoms with Gasteiger partial charge in [0.05, 0.1) is 32.5 Å². The highest BCUT2D eigenvalue weighted by Gasteiger charge is 2.29. The number of halogens is 2. The van der Waals surface area contributed by atoms with Gasteiger partial charge in [-0.05, 0) is 57.9 Å². The quantitative estimate of drug-likeness (QED) is 0.378. The second-order valence-electron chi connectivity index (χ2n) is 10.6. The van der Waals surface area contributed by atoms with Gasteiger partial charge in [-0.15, -0.1) is 5.10 Å². The number of piperidine rings is 1. The number of amides is 1. The molecule has 41 heavy (non-hydrogen) atoms. The molecular weight excluding hydrogens is 573 g/mol. The van der Waals surface area contributed by atoms with Crippen LogP contribution in [0.2, 0.25) is 10.0 Å². The average Bonchev–Trinajstić information content (AvgIpc) is 3.31. The number of benzene rings is 1. The Morgan fingerprint density at radius 3 is 2.34 bits per heavy atom. The summed E-state index contributed by atoms with van der Waals surface area (Å²) >= 11 is 13.3. The van der Waals surface area contributed by atoms with Gasteiger partial charge in [0.2, 0.25) is 5.69 Å². The molecule has 5 rings (SSSR count). The van der Waals surface area contributed by atoms with Gasteiger partial charge < -0.3 is 18.8 Å². The molecule has 0 aliphatic carbocycles. The first-order valence-electron chi connectivity index (χ1n) is 12.7. The highest BCUT2D eigenvalue weighted by Crippen LogP contribution is 2.35. The molecule has 0 bridgehead atoms. The molecule has 0 radical (unpaired) electrons. The molecule has 1 aliphatic rings. The van der Waals surface area contributed by atoms with Crippen LogP contribution in [0.5, 0.6) is 0 Å². The number of rotatable bonds is 3. The summed E-state index contributed by atoms with van der Waals surface area (Å²) < 4.78 is 9.77. The molecule has 1 saturated heterocycles. The van der Waals surface area contributed by atoms with Gasteiger partial charge in [-0.3, -0.25) is 14.6 Å². The lowest BCUT2D eigenvalue weighted by Crippen LogP contribution is -2.43. The standard InChI is InChI=1S/C27H25Cl2N7O5/c1-27(2,3)41-26(40)33-9-6-15(7-10-33)35-21-8-11-34(20(21)4-5-22(35)37)23-17(28)12-16(13-18(23)29)36-25(39)31-24(38)19(14-30)32-36/h4-5,8,11-13,15H,6-7,9-10H2,1-3H3,(H,31,38,39). The first kappa shape index (κ1) is 28.2. The number of fused-ring (bicyclic) bond motifs is 1. The van der Waals surface area contributed by atoms with E-state index >= 15 is 0 Å². The van der Waals surface area contributed by atoms with Crippen molar-refractivity contribution >= 4 is 40.3 Å². The van der Waals surface area contributed by atoms with Gasteiger partial charge in [0.25, 0.3) is 11.1 Å². The van der Waals surface area contributed by atoms with Gasteiger partial charge in [0.1, 0.15) is 11.7 Å². The van der Waals surface area contributed by atoms with E-state index in [-0.39, 0.29) is 33.4 Å². The van der Waals surface area contributed by atoms with Gasteiger partial charge in [-0.25, -0.2) is 9.59 Å². The summed E-state index contributed by atoms with van der Waals surface area (Å²) in [6, 6.07) is 9.31. The van der Waals surface area contributed by atoms with Crippen LogP contribution in [0.15, 0.2) is 50.9 Å². The minimum Gasteiger partial charge on any atom is -0.444 e. The summed E-state index contributed by atoms with van der Waals surface area (Å²) in [6.45, 7) is 6.36.